The number of carbonyl (C=O) groups is 2. The Morgan fingerprint density at radius 1 is 1.24 bits per heavy atom. The van der Waals surface area contributed by atoms with E-state index in [1.165, 1.54) is 24.3 Å². The fraction of sp³-hybridized carbons (Fsp3) is 0.278. The molecule has 0 saturated heterocycles. The molecule has 0 fully saturated rings. The van der Waals surface area contributed by atoms with Gasteiger partial charge in [-0.1, -0.05) is 30.3 Å². The van der Waals surface area contributed by atoms with Crippen molar-refractivity contribution >= 4 is 11.9 Å². The van der Waals surface area contributed by atoms with Gasteiger partial charge in [0.05, 0.1) is 12.2 Å². The Morgan fingerprint density at radius 2 is 1.96 bits per heavy atom. The molecule has 7 nitrogen and oxygen atoms in total. The predicted molar refractivity (Wildman–Crippen MR) is 92.1 cm³/mol. The van der Waals surface area contributed by atoms with Crippen LogP contribution in [-0.4, -0.2) is 47.1 Å². The molecule has 0 bridgehead atoms. The molecule has 0 aliphatic heterocycles. The average Bonchev–Trinajstić information content (AvgIpc) is 2.62. The van der Waals surface area contributed by atoms with E-state index in [9.17, 15) is 14.7 Å². The van der Waals surface area contributed by atoms with Crippen molar-refractivity contribution in [2.24, 2.45) is 5.73 Å². The maximum atomic E-state index is 12.8. The second-order valence-electron chi connectivity index (χ2n) is 5.48. The Labute approximate surface area is 146 Å². The van der Waals surface area contributed by atoms with E-state index >= 15 is 0 Å². The number of amides is 1. The van der Waals surface area contributed by atoms with Gasteiger partial charge in [0.25, 0.3) is 5.91 Å². The molecule has 132 valence electrons. The zero-order chi connectivity index (χ0) is 18.2. The number of nitrogens with zero attached hydrogens (tertiary/aromatic N) is 2. The number of aromatic carboxylic acids is 1. The van der Waals surface area contributed by atoms with Gasteiger partial charge in [-0.25, -0.2) is 9.78 Å². The normalized spacial score (nSPS) is 10.5. The van der Waals surface area contributed by atoms with Gasteiger partial charge in [-0.05, 0) is 17.2 Å². The molecule has 1 aromatic heterocycles. The van der Waals surface area contributed by atoms with E-state index in [-0.39, 0.29) is 24.4 Å². The molecule has 0 unspecified atom stereocenters. The summed E-state index contributed by atoms with van der Waals surface area (Å²) in [6, 6.07) is 10.8. The van der Waals surface area contributed by atoms with Crippen LogP contribution >= 0.6 is 0 Å². The number of rotatable bonds is 8. The Hall–Kier alpha value is -2.77. The topological polar surface area (TPSA) is 106 Å². The first-order valence-electron chi connectivity index (χ1n) is 7.81. The summed E-state index contributed by atoms with van der Waals surface area (Å²) in [7, 11) is 1.50. The summed E-state index contributed by atoms with van der Waals surface area (Å²) in [4.78, 5) is 30.0. The number of nitrogens with two attached hydrogens (primary N) is 1. The highest BCUT2D eigenvalue weighted by Gasteiger charge is 2.24. The SMILES string of the molecule is COCc1cnc(C(=O)N(CCN)Cc2ccccc2)c(C(=O)O)c1. The smallest absolute Gasteiger partial charge is 0.338 e. The van der Waals surface area contributed by atoms with Gasteiger partial charge in [-0.15, -0.1) is 0 Å². The van der Waals surface area contributed by atoms with Crippen molar-refractivity contribution in [1.29, 1.82) is 0 Å². The average molecular weight is 343 g/mol. The third-order valence-electron chi connectivity index (χ3n) is 3.59. The van der Waals surface area contributed by atoms with Gasteiger partial charge in [0.15, 0.2) is 0 Å². The maximum Gasteiger partial charge on any atom is 0.338 e. The van der Waals surface area contributed by atoms with Crippen LogP contribution in [-0.2, 0) is 17.9 Å². The molecule has 0 saturated carbocycles. The van der Waals surface area contributed by atoms with Crippen LogP contribution in [0.1, 0.15) is 32.0 Å². The van der Waals surface area contributed by atoms with E-state index in [1.807, 2.05) is 30.3 Å². The molecule has 2 rings (SSSR count). The molecule has 0 spiro atoms. The number of carbonyl (C=O) groups excluding carboxylic acids is 1. The van der Waals surface area contributed by atoms with Crippen molar-refractivity contribution in [1.82, 2.24) is 9.88 Å². The fourth-order valence-electron chi connectivity index (χ4n) is 2.45. The highest BCUT2D eigenvalue weighted by atomic mass is 16.5. The van der Waals surface area contributed by atoms with Crippen molar-refractivity contribution in [2.75, 3.05) is 20.2 Å². The summed E-state index contributed by atoms with van der Waals surface area (Å²) in [5.41, 5.74) is 6.89. The molecule has 1 aromatic carbocycles. The van der Waals surface area contributed by atoms with Crippen molar-refractivity contribution in [2.45, 2.75) is 13.2 Å². The molecule has 1 amide bonds. The third-order valence-corrected chi connectivity index (χ3v) is 3.59. The minimum atomic E-state index is -1.21. The van der Waals surface area contributed by atoms with Gasteiger partial charge in [-0.2, -0.15) is 0 Å². The summed E-state index contributed by atoms with van der Waals surface area (Å²) < 4.78 is 4.98. The molecule has 0 aliphatic carbocycles. The second kappa shape index (κ2) is 8.91. The molecule has 0 atom stereocenters. The van der Waals surface area contributed by atoms with E-state index in [0.717, 1.165) is 5.56 Å². The molecule has 3 N–H and O–H groups in total. The molecule has 1 heterocycles. The first-order chi connectivity index (χ1) is 12.1. The first kappa shape index (κ1) is 18.6. The number of pyridine rings is 1. The summed E-state index contributed by atoms with van der Waals surface area (Å²) >= 11 is 0. The van der Waals surface area contributed by atoms with Crippen LogP contribution in [0.3, 0.4) is 0 Å². The van der Waals surface area contributed by atoms with Gasteiger partial charge < -0.3 is 20.5 Å². The number of carboxylic acids is 1. The van der Waals surface area contributed by atoms with Crippen molar-refractivity contribution < 1.29 is 19.4 Å². The number of hydrogen-bond donors (Lipinski definition) is 2. The number of hydrogen-bond acceptors (Lipinski definition) is 5. The number of benzene rings is 1. The predicted octanol–water partition coefficient (Wildman–Crippen LogP) is 1.53. The molecular weight excluding hydrogens is 322 g/mol. The largest absolute Gasteiger partial charge is 0.478 e. The molecular formula is C18H21N3O4. The monoisotopic (exact) mass is 343 g/mol. The maximum absolute atomic E-state index is 12.8. The van der Waals surface area contributed by atoms with E-state index in [0.29, 0.717) is 18.7 Å². The minimum absolute atomic E-state index is 0.100. The highest BCUT2D eigenvalue weighted by Crippen LogP contribution is 2.15. The minimum Gasteiger partial charge on any atom is -0.478 e. The quantitative estimate of drug-likeness (QED) is 0.753. The van der Waals surface area contributed by atoms with Crippen molar-refractivity contribution in [3.05, 3.63) is 65.0 Å². The highest BCUT2D eigenvalue weighted by molar-refractivity contribution is 6.03. The number of ether oxygens (including phenoxy) is 1. The molecule has 25 heavy (non-hydrogen) atoms. The molecule has 2 aromatic rings. The van der Waals surface area contributed by atoms with Crippen molar-refractivity contribution in [3.63, 3.8) is 0 Å². The molecule has 0 radical (unpaired) electrons. The standard InChI is InChI=1S/C18H21N3O4/c1-25-12-14-9-15(18(23)24)16(20-10-14)17(22)21(8-7-19)11-13-5-3-2-4-6-13/h2-6,9-10H,7-8,11-12,19H2,1H3,(H,23,24). The lowest BCUT2D eigenvalue weighted by Gasteiger charge is -2.22. The van der Waals surface area contributed by atoms with E-state index in [1.54, 1.807) is 0 Å². The third kappa shape index (κ3) is 4.85. The van der Waals surface area contributed by atoms with Crippen LogP contribution in [0.4, 0.5) is 0 Å². The van der Waals surface area contributed by atoms with Crippen LogP contribution in [0.5, 0.6) is 0 Å². The Balaban J connectivity index is 2.33. The Kier molecular flexibility index (Phi) is 6.62. The van der Waals surface area contributed by atoms with Gasteiger partial charge in [0.2, 0.25) is 0 Å². The van der Waals surface area contributed by atoms with E-state index in [2.05, 4.69) is 4.98 Å². The fourth-order valence-corrected chi connectivity index (χ4v) is 2.45. The Bertz CT molecular complexity index is 734. The van der Waals surface area contributed by atoms with Crippen molar-refractivity contribution in [3.8, 4) is 0 Å². The van der Waals surface area contributed by atoms with Crippen LogP contribution in [0.25, 0.3) is 0 Å². The van der Waals surface area contributed by atoms with Gasteiger partial charge in [-0.3, -0.25) is 4.79 Å². The number of aromatic nitrogens is 1. The molecule has 0 aliphatic rings. The van der Waals surface area contributed by atoms with Crippen LogP contribution in [0, 0.1) is 0 Å². The van der Waals surface area contributed by atoms with E-state index < -0.39 is 11.9 Å². The molecule has 7 heteroatoms. The second-order valence-corrected chi connectivity index (χ2v) is 5.48. The van der Waals surface area contributed by atoms with Gasteiger partial charge in [0, 0.05) is 32.9 Å². The lowest BCUT2D eigenvalue weighted by molar-refractivity contribution is 0.0669. The van der Waals surface area contributed by atoms with Crippen LogP contribution in [0.2, 0.25) is 0 Å². The number of carboxylic acid groups (broad SMARTS) is 1. The van der Waals surface area contributed by atoms with Gasteiger partial charge in [0.1, 0.15) is 5.69 Å². The zero-order valence-electron chi connectivity index (χ0n) is 14.0. The zero-order valence-corrected chi connectivity index (χ0v) is 14.0. The summed E-state index contributed by atoms with van der Waals surface area (Å²) in [6.07, 6.45) is 1.45. The summed E-state index contributed by atoms with van der Waals surface area (Å²) in [5.74, 6) is -1.67. The first-order valence-corrected chi connectivity index (χ1v) is 7.81. The lowest BCUT2D eigenvalue weighted by atomic mass is 10.1. The van der Waals surface area contributed by atoms with Crippen LogP contribution in [0.15, 0.2) is 42.6 Å². The van der Waals surface area contributed by atoms with Crippen LogP contribution < -0.4 is 5.73 Å². The number of methoxy groups -OCH3 is 1. The van der Waals surface area contributed by atoms with Gasteiger partial charge >= 0.3 is 5.97 Å². The summed E-state index contributed by atoms with van der Waals surface area (Å²) in [6.45, 7) is 1.12. The van der Waals surface area contributed by atoms with E-state index in [4.69, 9.17) is 10.5 Å². The lowest BCUT2D eigenvalue weighted by Crippen LogP contribution is -2.36. The summed E-state index contributed by atoms with van der Waals surface area (Å²) in [5, 5.41) is 9.43. The Morgan fingerprint density at radius 3 is 2.56 bits per heavy atom.